The first kappa shape index (κ1) is 17.0. The Morgan fingerprint density at radius 3 is 2.42 bits per heavy atom. The molecule has 0 saturated heterocycles. The molecule has 1 aliphatic rings. The van der Waals surface area contributed by atoms with Crippen LogP contribution in [0.1, 0.15) is 37.3 Å². The van der Waals surface area contributed by atoms with E-state index in [1.54, 1.807) is 0 Å². The smallest absolute Gasteiger partial charge is 0.227 e. The maximum Gasteiger partial charge on any atom is 0.227 e. The average Bonchev–Trinajstić information content (AvgIpc) is 2.69. The molecule has 0 fully saturated rings. The van der Waals surface area contributed by atoms with Crippen molar-refractivity contribution in [3.05, 3.63) is 82.0 Å². The van der Waals surface area contributed by atoms with Crippen molar-refractivity contribution < 1.29 is 4.79 Å². The Labute approximate surface area is 152 Å². The first-order valence-electron chi connectivity index (χ1n) is 8.32. The summed E-state index contributed by atoms with van der Waals surface area (Å²) in [4.78, 5) is 14.7. The zero-order valence-electron chi connectivity index (χ0n) is 14.1. The number of carbonyl (C=O) groups excluding carboxylic acids is 1. The molecule has 3 heteroatoms. The molecule has 0 aromatic heterocycles. The van der Waals surface area contributed by atoms with E-state index in [1.807, 2.05) is 29.3 Å². The first-order chi connectivity index (χ1) is 11.5. The minimum atomic E-state index is 0.190. The van der Waals surface area contributed by atoms with Gasteiger partial charge in [-0.15, -0.1) is 0 Å². The number of nitrogens with zero attached hydrogens (tertiary/aromatic N) is 1. The van der Waals surface area contributed by atoms with Crippen molar-refractivity contribution in [2.45, 2.75) is 32.7 Å². The molecule has 0 radical (unpaired) electrons. The molecular weight excluding hydrogens is 362 g/mol. The Bertz CT molecular complexity index is 736. The molecule has 0 spiro atoms. The maximum atomic E-state index is 12.8. The van der Waals surface area contributed by atoms with Crippen molar-refractivity contribution in [3.63, 3.8) is 0 Å². The predicted molar refractivity (Wildman–Crippen MR) is 101 cm³/mol. The molecular formula is C21H22BrNO. The minimum absolute atomic E-state index is 0.190. The molecule has 124 valence electrons. The van der Waals surface area contributed by atoms with Gasteiger partial charge in [0.25, 0.3) is 0 Å². The van der Waals surface area contributed by atoms with Crippen molar-refractivity contribution >= 4 is 21.8 Å². The van der Waals surface area contributed by atoms with Crippen molar-refractivity contribution in [1.82, 2.24) is 4.90 Å². The molecule has 3 rings (SSSR count). The molecule has 0 N–H and O–H groups in total. The molecule has 2 atom stereocenters. The molecule has 24 heavy (non-hydrogen) atoms. The van der Waals surface area contributed by atoms with Gasteiger partial charge in [0.15, 0.2) is 0 Å². The van der Waals surface area contributed by atoms with E-state index in [4.69, 9.17) is 0 Å². The van der Waals surface area contributed by atoms with E-state index < -0.39 is 0 Å². The molecule has 1 aliphatic heterocycles. The van der Waals surface area contributed by atoms with Gasteiger partial charge in [0.1, 0.15) is 0 Å². The largest absolute Gasteiger partial charge is 0.315 e. The lowest BCUT2D eigenvalue weighted by atomic mass is 9.81. The van der Waals surface area contributed by atoms with Crippen LogP contribution in [-0.4, -0.2) is 10.8 Å². The first-order valence-corrected chi connectivity index (χ1v) is 9.11. The van der Waals surface area contributed by atoms with Crippen LogP contribution < -0.4 is 0 Å². The highest BCUT2D eigenvalue weighted by Crippen LogP contribution is 2.36. The molecule has 1 amide bonds. The van der Waals surface area contributed by atoms with Crippen LogP contribution in [0.25, 0.3) is 0 Å². The molecule has 0 aliphatic carbocycles. The summed E-state index contributed by atoms with van der Waals surface area (Å²) < 4.78 is 1.07. The van der Waals surface area contributed by atoms with Crippen molar-refractivity contribution in [3.8, 4) is 0 Å². The van der Waals surface area contributed by atoms with Crippen molar-refractivity contribution in [2.24, 2.45) is 5.92 Å². The Morgan fingerprint density at radius 1 is 1.08 bits per heavy atom. The van der Waals surface area contributed by atoms with Crippen LogP contribution in [0, 0.1) is 5.92 Å². The van der Waals surface area contributed by atoms with Crippen LogP contribution >= 0.6 is 15.9 Å². The predicted octanol–water partition coefficient (Wildman–Crippen LogP) is 5.51. The number of halogens is 1. The van der Waals surface area contributed by atoms with Gasteiger partial charge < -0.3 is 4.90 Å². The van der Waals surface area contributed by atoms with Gasteiger partial charge >= 0.3 is 0 Å². The number of rotatable bonds is 3. The summed E-state index contributed by atoms with van der Waals surface area (Å²) in [5.74, 6) is 0.758. The van der Waals surface area contributed by atoms with Crippen LogP contribution in [0.2, 0.25) is 0 Å². The zero-order valence-corrected chi connectivity index (χ0v) is 15.7. The monoisotopic (exact) mass is 383 g/mol. The van der Waals surface area contributed by atoms with Crippen LogP contribution in [0.3, 0.4) is 0 Å². The summed E-state index contributed by atoms with van der Waals surface area (Å²) in [6, 6.07) is 18.5. The summed E-state index contributed by atoms with van der Waals surface area (Å²) in [7, 11) is 0. The lowest BCUT2D eigenvalue weighted by Crippen LogP contribution is -2.25. The van der Waals surface area contributed by atoms with Crippen LogP contribution in [0.4, 0.5) is 0 Å². The Balaban J connectivity index is 1.85. The fraction of sp³-hybridized carbons (Fsp3) is 0.286. The molecule has 2 nitrogen and oxygen atoms in total. The number of carbonyl (C=O) groups is 1. The molecule has 0 saturated carbocycles. The third-order valence-corrected chi connectivity index (χ3v) is 5.42. The third-order valence-electron chi connectivity index (χ3n) is 4.89. The van der Waals surface area contributed by atoms with Gasteiger partial charge in [-0.2, -0.15) is 0 Å². The Morgan fingerprint density at radius 2 is 1.75 bits per heavy atom. The maximum absolute atomic E-state index is 12.8. The number of hydrogen-bond acceptors (Lipinski definition) is 1. The number of amides is 1. The van der Waals surface area contributed by atoms with Gasteiger partial charge in [0.05, 0.1) is 6.54 Å². The fourth-order valence-corrected chi connectivity index (χ4v) is 3.53. The van der Waals surface area contributed by atoms with E-state index >= 15 is 0 Å². The van der Waals surface area contributed by atoms with E-state index in [2.05, 4.69) is 66.2 Å². The van der Waals surface area contributed by atoms with E-state index in [0.717, 1.165) is 10.0 Å². The van der Waals surface area contributed by atoms with Gasteiger partial charge in [0.2, 0.25) is 5.91 Å². The lowest BCUT2D eigenvalue weighted by molar-refractivity contribution is -0.129. The van der Waals surface area contributed by atoms with Crippen molar-refractivity contribution in [2.75, 3.05) is 0 Å². The van der Waals surface area contributed by atoms with Gasteiger partial charge in [-0.25, -0.2) is 0 Å². The molecule has 0 unspecified atom stereocenters. The second-order valence-corrected chi connectivity index (χ2v) is 7.45. The fourth-order valence-electron chi connectivity index (χ4n) is 3.27. The third kappa shape index (κ3) is 3.78. The highest BCUT2D eigenvalue weighted by atomic mass is 79.9. The summed E-state index contributed by atoms with van der Waals surface area (Å²) in [6.07, 6.45) is 2.59. The van der Waals surface area contributed by atoms with Gasteiger partial charge in [-0.3, -0.25) is 4.79 Å². The number of allylic oxidation sites excluding steroid dienone is 1. The second-order valence-electron chi connectivity index (χ2n) is 6.53. The second kappa shape index (κ2) is 7.35. The van der Waals surface area contributed by atoms with E-state index in [1.165, 1.54) is 11.1 Å². The van der Waals surface area contributed by atoms with Crippen LogP contribution in [-0.2, 0) is 11.3 Å². The lowest BCUT2D eigenvalue weighted by Gasteiger charge is -2.22. The standard InChI is InChI=1S/C21H22BrNO/c1-15-13-23(14-17-6-4-3-5-7-17)21(24)12-20(16(15)2)18-8-10-19(22)11-9-18/h3-11,13,16,20H,12,14H2,1-2H3/t16-,20-/m1/s1. The van der Waals surface area contributed by atoms with E-state index in [0.29, 0.717) is 18.9 Å². The quantitative estimate of drug-likeness (QED) is 0.684. The van der Waals surface area contributed by atoms with E-state index in [9.17, 15) is 4.79 Å². The summed E-state index contributed by atoms with van der Waals surface area (Å²) in [6.45, 7) is 4.99. The SMILES string of the molecule is CC1=CN(Cc2ccccc2)C(=O)C[C@@H](c2ccc(Br)cc2)[C@@H]1C. The van der Waals surface area contributed by atoms with E-state index in [-0.39, 0.29) is 11.8 Å². The topological polar surface area (TPSA) is 20.3 Å². The van der Waals surface area contributed by atoms with Gasteiger partial charge in [-0.05, 0) is 42.0 Å². The summed E-state index contributed by atoms with van der Waals surface area (Å²) in [5, 5.41) is 0. The molecule has 2 aromatic carbocycles. The number of benzene rings is 2. The van der Waals surface area contributed by atoms with Gasteiger partial charge in [0, 0.05) is 17.1 Å². The Kier molecular flexibility index (Phi) is 5.20. The van der Waals surface area contributed by atoms with Gasteiger partial charge in [-0.1, -0.05) is 70.9 Å². The normalized spacial score (nSPS) is 21.4. The Hall–Kier alpha value is -1.87. The molecule has 1 heterocycles. The minimum Gasteiger partial charge on any atom is -0.315 e. The van der Waals surface area contributed by atoms with Crippen molar-refractivity contribution in [1.29, 1.82) is 0 Å². The highest BCUT2D eigenvalue weighted by molar-refractivity contribution is 9.10. The average molecular weight is 384 g/mol. The van der Waals surface area contributed by atoms with Crippen LogP contribution in [0.5, 0.6) is 0 Å². The summed E-state index contributed by atoms with van der Waals surface area (Å²) >= 11 is 3.48. The summed E-state index contributed by atoms with van der Waals surface area (Å²) in [5.41, 5.74) is 3.64. The highest BCUT2D eigenvalue weighted by Gasteiger charge is 2.29. The zero-order chi connectivity index (χ0) is 17.1. The molecule has 2 aromatic rings. The van der Waals surface area contributed by atoms with Crippen LogP contribution in [0.15, 0.2) is 70.8 Å². The molecule has 0 bridgehead atoms. The number of hydrogen-bond donors (Lipinski definition) is 0.